The van der Waals surface area contributed by atoms with Crippen LogP contribution in [-0.4, -0.2) is 22.2 Å². The zero-order valence-corrected chi connectivity index (χ0v) is 22.0. The Labute approximate surface area is 216 Å². The van der Waals surface area contributed by atoms with Gasteiger partial charge in [-0.25, -0.2) is 5.48 Å². The monoisotopic (exact) mass is 493 g/mol. The molecular formula is C31H43NO4. The average Bonchev–Trinajstić information content (AvgIpc) is 2.89. The first-order valence-electron chi connectivity index (χ1n) is 13.7. The van der Waals surface area contributed by atoms with E-state index >= 15 is 0 Å². The number of hydrogen-bond donors (Lipinski definition) is 3. The van der Waals surface area contributed by atoms with Gasteiger partial charge in [-0.1, -0.05) is 101 Å². The van der Waals surface area contributed by atoms with Crippen LogP contribution in [0.3, 0.4) is 0 Å². The van der Waals surface area contributed by atoms with Gasteiger partial charge in [0.2, 0.25) is 0 Å². The van der Waals surface area contributed by atoms with Gasteiger partial charge in [0.15, 0.2) is 0 Å². The molecule has 2 unspecified atom stereocenters. The van der Waals surface area contributed by atoms with Crippen molar-refractivity contribution in [1.82, 2.24) is 5.48 Å². The van der Waals surface area contributed by atoms with Gasteiger partial charge < -0.3 is 10.2 Å². The lowest BCUT2D eigenvalue weighted by Gasteiger charge is -2.29. The molecule has 2 aromatic rings. The lowest BCUT2D eigenvalue weighted by atomic mass is 9.81. The number of aliphatic hydroxyl groups is 2. The second kappa shape index (κ2) is 14.2. The zero-order valence-electron chi connectivity index (χ0n) is 22.0. The molecule has 3 rings (SSSR count). The number of hydrogen-bond acceptors (Lipinski definition) is 4. The van der Waals surface area contributed by atoms with Crippen molar-refractivity contribution < 1.29 is 19.8 Å². The summed E-state index contributed by atoms with van der Waals surface area (Å²) in [5.41, 5.74) is 2.09. The van der Waals surface area contributed by atoms with E-state index < -0.39 is 5.60 Å². The minimum Gasteiger partial charge on any atom is -0.508 e. The fourth-order valence-corrected chi connectivity index (χ4v) is 4.92. The highest BCUT2D eigenvalue weighted by atomic mass is 16.7. The number of benzene rings is 2. The minimum atomic E-state index is -1.40. The molecular weight excluding hydrogens is 450 g/mol. The Bertz CT molecular complexity index is 1040. The van der Waals surface area contributed by atoms with Gasteiger partial charge in [0.25, 0.3) is 5.91 Å². The van der Waals surface area contributed by atoms with Gasteiger partial charge in [-0.15, -0.1) is 0 Å². The summed E-state index contributed by atoms with van der Waals surface area (Å²) in [5, 5.41) is 22.9. The van der Waals surface area contributed by atoms with Gasteiger partial charge in [0, 0.05) is 17.5 Å². The van der Waals surface area contributed by atoms with Crippen molar-refractivity contribution in [1.29, 1.82) is 0 Å². The number of unbranched alkanes of at least 4 members (excludes halogenated alkanes) is 9. The molecule has 2 atom stereocenters. The molecule has 0 radical (unpaired) electrons. The van der Waals surface area contributed by atoms with E-state index in [1.807, 2.05) is 37.3 Å². The Hall–Kier alpha value is -2.63. The van der Waals surface area contributed by atoms with Crippen molar-refractivity contribution in [3.63, 3.8) is 0 Å². The maximum Gasteiger partial charge on any atom is 0.275 e. The normalized spacial score (nSPS) is 18.2. The highest BCUT2D eigenvalue weighted by Crippen LogP contribution is 2.38. The van der Waals surface area contributed by atoms with E-state index in [-0.39, 0.29) is 24.2 Å². The summed E-state index contributed by atoms with van der Waals surface area (Å²) in [6.07, 6.45) is 18.4. The fraction of sp³-hybridized carbons (Fsp3) is 0.516. The molecule has 0 saturated carbocycles. The van der Waals surface area contributed by atoms with Crippen LogP contribution < -0.4 is 5.48 Å². The first kappa shape index (κ1) is 27.9. The van der Waals surface area contributed by atoms with Crippen LogP contribution in [0.4, 0.5) is 0 Å². The number of carbonyl (C=O) groups excluding carboxylic acids is 1. The minimum absolute atomic E-state index is 0.0931. The molecule has 0 aliphatic heterocycles. The van der Waals surface area contributed by atoms with Crippen LogP contribution in [0, 0.1) is 0 Å². The van der Waals surface area contributed by atoms with Gasteiger partial charge >= 0.3 is 0 Å². The first-order valence-corrected chi connectivity index (χ1v) is 13.7. The highest BCUT2D eigenvalue weighted by molar-refractivity contribution is 6.02. The molecule has 1 amide bonds. The first-order chi connectivity index (χ1) is 17.4. The standard InChI is InChI=1S/C31H43NO4/c1-3-4-5-6-7-8-9-10-11-12-15-24(2)36-32-30(34)28-19-18-25-16-13-14-17-27(25)29(28)31(35)22-20-26(33)21-23-31/h13-14,16-22,24,33,35H,3-12,15,23H2,1-2H3,(H,32,34). The van der Waals surface area contributed by atoms with Crippen molar-refractivity contribution in [3.8, 4) is 0 Å². The maximum absolute atomic E-state index is 13.2. The van der Waals surface area contributed by atoms with E-state index in [1.54, 1.807) is 18.2 Å². The van der Waals surface area contributed by atoms with E-state index in [4.69, 9.17) is 4.84 Å². The quantitative estimate of drug-likeness (QED) is 0.175. The number of rotatable bonds is 15. The highest BCUT2D eigenvalue weighted by Gasteiger charge is 2.33. The zero-order chi connectivity index (χ0) is 25.8. The molecule has 0 fully saturated rings. The van der Waals surface area contributed by atoms with Gasteiger partial charge in [-0.2, -0.15) is 0 Å². The predicted molar refractivity (Wildman–Crippen MR) is 147 cm³/mol. The molecule has 0 aromatic heterocycles. The Balaban J connectivity index is 1.51. The SMILES string of the molecule is CCCCCCCCCCCCC(C)ONC(=O)c1ccc2ccccc2c1C1(O)C=CC(O)=CC1. The van der Waals surface area contributed by atoms with Crippen LogP contribution in [0.25, 0.3) is 10.8 Å². The lowest BCUT2D eigenvalue weighted by Crippen LogP contribution is -2.33. The fourth-order valence-electron chi connectivity index (χ4n) is 4.92. The van der Waals surface area contributed by atoms with Gasteiger partial charge in [-0.3, -0.25) is 9.63 Å². The Kier molecular flexibility index (Phi) is 11.0. The Morgan fingerprint density at radius 2 is 1.67 bits per heavy atom. The van der Waals surface area contributed by atoms with E-state index in [0.29, 0.717) is 11.1 Å². The number of hydroxylamine groups is 1. The number of aliphatic hydroxyl groups excluding tert-OH is 1. The van der Waals surface area contributed by atoms with Gasteiger partial charge in [0.1, 0.15) is 11.4 Å². The van der Waals surface area contributed by atoms with Crippen LogP contribution in [0.1, 0.15) is 107 Å². The Morgan fingerprint density at radius 1 is 1.00 bits per heavy atom. The second-order valence-corrected chi connectivity index (χ2v) is 10.1. The number of carbonyl (C=O) groups is 1. The van der Waals surface area contributed by atoms with Crippen molar-refractivity contribution in [2.45, 2.75) is 103 Å². The molecule has 3 N–H and O–H groups in total. The van der Waals surface area contributed by atoms with Crippen LogP contribution in [0.15, 0.2) is 60.4 Å². The lowest BCUT2D eigenvalue weighted by molar-refractivity contribution is -0.0123. The van der Waals surface area contributed by atoms with E-state index in [0.717, 1.165) is 23.6 Å². The summed E-state index contributed by atoms with van der Waals surface area (Å²) in [4.78, 5) is 18.9. The van der Waals surface area contributed by atoms with E-state index in [1.165, 1.54) is 63.9 Å². The third-order valence-corrected chi connectivity index (χ3v) is 7.08. The number of allylic oxidation sites excluding steroid dienone is 1. The Morgan fingerprint density at radius 3 is 2.33 bits per heavy atom. The summed E-state index contributed by atoms with van der Waals surface area (Å²) in [5.74, 6) is -0.277. The molecule has 0 spiro atoms. The molecule has 5 nitrogen and oxygen atoms in total. The largest absolute Gasteiger partial charge is 0.508 e. The van der Waals surface area contributed by atoms with Gasteiger partial charge in [0.05, 0.1) is 6.10 Å². The van der Waals surface area contributed by atoms with Crippen molar-refractivity contribution in [2.24, 2.45) is 0 Å². The van der Waals surface area contributed by atoms with Gasteiger partial charge in [-0.05, 0) is 48.4 Å². The maximum atomic E-state index is 13.2. The summed E-state index contributed by atoms with van der Waals surface area (Å²) in [7, 11) is 0. The molecule has 0 heterocycles. The van der Waals surface area contributed by atoms with Crippen LogP contribution in [-0.2, 0) is 10.4 Å². The van der Waals surface area contributed by atoms with Crippen molar-refractivity contribution in [3.05, 3.63) is 71.5 Å². The third-order valence-electron chi connectivity index (χ3n) is 7.08. The summed E-state index contributed by atoms with van der Waals surface area (Å²) in [6.45, 7) is 4.22. The van der Waals surface area contributed by atoms with Crippen LogP contribution in [0.2, 0.25) is 0 Å². The summed E-state index contributed by atoms with van der Waals surface area (Å²) < 4.78 is 0. The number of amides is 1. The number of fused-ring (bicyclic) bond motifs is 1. The molecule has 1 aliphatic rings. The third kappa shape index (κ3) is 7.94. The molecule has 36 heavy (non-hydrogen) atoms. The van der Waals surface area contributed by atoms with E-state index in [2.05, 4.69) is 12.4 Å². The molecule has 0 bridgehead atoms. The average molecular weight is 494 g/mol. The summed E-state index contributed by atoms with van der Waals surface area (Å²) >= 11 is 0. The molecule has 196 valence electrons. The molecule has 1 aliphatic carbocycles. The topological polar surface area (TPSA) is 78.8 Å². The summed E-state index contributed by atoms with van der Waals surface area (Å²) in [6, 6.07) is 11.3. The molecule has 5 heteroatoms. The predicted octanol–water partition coefficient (Wildman–Crippen LogP) is 7.79. The smallest absolute Gasteiger partial charge is 0.275 e. The van der Waals surface area contributed by atoms with Crippen molar-refractivity contribution >= 4 is 16.7 Å². The van der Waals surface area contributed by atoms with Crippen molar-refractivity contribution in [2.75, 3.05) is 0 Å². The molecule has 2 aromatic carbocycles. The molecule has 0 saturated heterocycles. The van der Waals surface area contributed by atoms with E-state index in [9.17, 15) is 15.0 Å². The van der Waals surface area contributed by atoms with Crippen LogP contribution in [0.5, 0.6) is 0 Å². The number of nitrogens with one attached hydrogen (secondary N) is 1. The van der Waals surface area contributed by atoms with Crippen LogP contribution >= 0.6 is 0 Å². The second-order valence-electron chi connectivity index (χ2n) is 10.1.